The fraction of sp³-hybridized carbons (Fsp3) is 0.483. The zero-order chi connectivity index (χ0) is 27.0. The van der Waals surface area contributed by atoms with Crippen LogP contribution in [0.5, 0.6) is 5.75 Å². The van der Waals surface area contributed by atoms with E-state index in [2.05, 4.69) is 36.0 Å². The normalized spacial score (nSPS) is 12.6. The van der Waals surface area contributed by atoms with Crippen LogP contribution in [-0.4, -0.2) is 26.5 Å². The van der Waals surface area contributed by atoms with Crippen molar-refractivity contribution in [1.29, 1.82) is 0 Å². The van der Waals surface area contributed by atoms with Crippen molar-refractivity contribution in [2.45, 2.75) is 79.7 Å². The van der Waals surface area contributed by atoms with E-state index in [1.165, 1.54) is 6.08 Å². The van der Waals surface area contributed by atoms with E-state index < -0.39 is 21.0 Å². The Bertz CT molecular complexity index is 1140. The number of benzene rings is 2. The van der Waals surface area contributed by atoms with Gasteiger partial charge in [0.05, 0.1) is 6.61 Å². The van der Waals surface area contributed by atoms with E-state index >= 15 is 0 Å². The molecule has 0 spiro atoms. The number of hydrogen-bond donors (Lipinski definition) is 2. The van der Waals surface area contributed by atoms with Crippen molar-refractivity contribution in [2.24, 2.45) is 5.41 Å². The maximum atomic E-state index is 13.3. The molecule has 6 nitrogen and oxygen atoms in total. The highest BCUT2D eigenvalue weighted by Crippen LogP contribution is 2.34. The maximum Gasteiger partial charge on any atom is 0.234 e. The summed E-state index contributed by atoms with van der Waals surface area (Å²) in [7, 11) is -3.54. The lowest BCUT2D eigenvalue weighted by Gasteiger charge is -2.30. The van der Waals surface area contributed by atoms with Gasteiger partial charge in [-0.05, 0) is 101 Å². The highest BCUT2D eigenvalue weighted by molar-refractivity contribution is 7.92. The van der Waals surface area contributed by atoms with Gasteiger partial charge >= 0.3 is 0 Å². The Morgan fingerprint density at radius 3 is 2.22 bits per heavy atom. The largest absolute Gasteiger partial charge is 0.493 e. The monoisotopic (exact) mass is 514 g/mol. The lowest BCUT2D eigenvalue weighted by atomic mass is 9.77. The quantitative estimate of drug-likeness (QED) is 0.313. The van der Waals surface area contributed by atoms with Crippen molar-refractivity contribution < 1.29 is 17.9 Å². The van der Waals surface area contributed by atoms with E-state index in [1.807, 2.05) is 19.9 Å². The summed E-state index contributed by atoms with van der Waals surface area (Å²) >= 11 is 0. The summed E-state index contributed by atoms with van der Waals surface area (Å²) in [6, 6.07) is 13.3. The lowest BCUT2D eigenvalue weighted by Crippen LogP contribution is -2.39. The fourth-order valence-electron chi connectivity index (χ4n) is 4.06. The Morgan fingerprint density at radius 1 is 1.00 bits per heavy atom. The summed E-state index contributed by atoms with van der Waals surface area (Å²) < 4.78 is 32.9. The van der Waals surface area contributed by atoms with Gasteiger partial charge in [0.2, 0.25) is 15.9 Å². The molecule has 198 valence electrons. The third-order valence-electron chi connectivity index (χ3n) is 6.29. The maximum absolute atomic E-state index is 13.3. The van der Waals surface area contributed by atoms with Crippen molar-refractivity contribution >= 4 is 27.7 Å². The van der Waals surface area contributed by atoms with Crippen LogP contribution in [0.4, 0.5) is 5.69 Å². The number of aryl methyl sites for hydroxylation is 2. The average Bonchev–Trinajstić information content (AvgIpc) is 2.79. The van der Waals surface area contributed by atoms with Crippen LogP contribution in [0.1, 0.15) is 77.0 Å². The number of amides is 1. The van der Waals surface area contributed by atoms with Gasteiger partial charge in [0.15, 0.2) is 0 Å². The number of rotatable bonds is 12. The molecule has 0 heterocycles. The number of carbonyl (C=O) groups is 1. The Labute approximate surface area is 217 Å². The summed E-state index contributed by atoms with van der Waals surface area (Å²) in [5, 5.41) is 4.21. The topological polar surface area (TPSA) is 84.5 Å². The summed E-state index contributed by atoms with van der Waals surface area (Å²) in [6.45, 7) is 14.1. The minimum atomic E-state index is -3.54. The van der Waals surface area contributed by atoms with Crippen LogP contribution in [-0.2, 0) is 14.8 Å². The van der Waals surface area contributed by atoms with Crippen molar-refractivity contribution in [3.05, 3.63) is 64.6 Å². The van der Waals surface area contributed by atoms with E-state index in [0.717, 1.165) is 53.5 Å². The van der Waals surface area contributed by atoms with Gasteiger partial charge in [0.1, 0.15) is 5.75 Å². The molecule has 0 aliphatic heterocycles. The van der Waals surface area contributed by atoms with E-state index in [-0.39, 0.29) is 5.91 Å². The van der Waals surface area contributed by atoms with Crippen LogP contribution >= 0.6 is 0 Å². The molecule has 0 aromatic heterocycles. The van der Waals surface area contributed by atoms with Crippen molar-refractivity contribution in [1.82, 2.24) is 4.72 Å². The van der Waals surface area contributed by atoms with Crippen LogP contribution in [0.15, 0.2) is 47.9 Å². The third-order valence-corrected chi connectivity index (χ3v) is 7.68. The van der Waals surface area contributed by atoms with Crippen LogP contribution in [0, 0.1) is 19.3 Å². The minimum absolute atomic E-state index is 0.000479. The first kappa shape index (κ1) is 29.6. The summed E-state index contributed by atoms with van der Waals surface area (Å²) in [5.41, 5.74) is 2.66. The molecule has 0 atom stereocenters. The highest BCUT2D eigenvalue weighted by Gasteiger charge is 2.34. The summed E-state index contributed by atoms with van der Waals surface area (Å²) in [4.78, 5) is 13.3. The van der Waals surface area contributed by atoms with Gasteiger partial charge in [-0.15, -0.1) is 0 Å². The Balaban J connectivity index is 1.98. The molecule has 2 aromatic carbocycles. The molecular formula is C29H42N2O4S. The molecular weight excluding hydrogens is 472 g/mol. The number of hydrogen-bond acceptors (Lipinski definition) is 4. The van der Waals surface area contributed by atoms with Crippen LogP contribution in [0.2, 0.25) is 0 Å². The lowest BCUT2D eigenvalue weighted by molar-refractivity contribution is -0.126. The molecule has 0 saturated carbocycles. The zero-order valence-electron chi connectivity index (χ0n) is 22.8. The van der Waals surface area contributed by atoms with Crippen LogP contribution in [0.25, 0.3) is 6.08 Å². The first-order valence-corrected chi connectivity index (χ1v) is 14.2. The minimum Gasteiger partial charge on any atom is -0.493 e. The molecule has 0 aliphatic rings. The van der Waals surface area contributed by atoms with E-state index in [1.54, 1.807) is 45.0 Å². The summed E-state index contributed by atoms with van der Waals surface area (Å²) in [6.07, 6.45) is 4.52. The molecule has 0 radical (unpaired) electrons. The zero-order valence-corrected chi connectivity index (χ0v) is 23.6. The van der Waals surface area contributed by atoms with Crippen LogP contribution < -0.4 is 14.8 Å². The molecule has 0 aliphatic carbocycles. The third kappa shape index (κ3) is 9.10. The molecule has 7 heteroatoms. The first-order chi connectivity index (χ1) is 16.8. The number of sulfonamides is 1. The predicted molar refractivity (Wildman–Crippen MR) is 150 cm³/mol. The molecule has 0 fully saturated rings. The molecule has 0 unspecified atom stereocenters. The Morgan fingerprint density at radius 2 is 1.64 bits per heavy atom. The summed E-state index contributed by atoms with van der Waals surface area (Å²) in [5.74, 6) is 0.897. The standard InChI is InChI=1S/C29H42N2O4S/c1-8-29(9-2,18-10-19-35-26-21-22(3)11-12-23(26)4)27(32)30-25-15-13-24(14-16-25)17-20-36(33,34)31-28(5,6)7/h11-17,20-21,31H,8-10,18-19H2,1-7H3,(H,30,32). The van der Waals surface area contributed by atoms with E-state index in [0.29, 0.717) is 12.3 Å². The van der Waals surface area contributed by atoms with Gasteiger partial charge in [-0.25, -0.2) is 13.1 Å². The number of anilines is 1. The molecule has 1 amide bonds. The van der Waals surface area contributed by atoms with Crippen LogP contribution in [0.3, 0.4) is 0 Å². The smallest absolute Gasteiger partial charge is 0.234 e. The van der Waals surface area contributed by atoms with Crippen molar-refractivity contribution in [3.8, 4) is 5.75 Å². The van der Waals surface area contributed by atoms with E-state index in [9.17, 15) is 13.2 Å². The molecule has 0 bridgehead atoms. The van der Waals surface area contributed by atoms with Gasteiger partial charge in [-0.3, -0.25) is 4.79 Å². The van der Waals surface area contributed by atoms with Crippen molar-refractivity contribution in [3.63, 3.8) is 0 Å². The molecule has 2 aromatic rings. The Kier molecular flexibility index (Phi) is 10.3. The van der Waals surface area contributed by atoms with Gasteiger partial charge in [0, 0.05) is 22.0 Å². The van der Waals surface area contributed by atoms with E-state index in [4.69, 9.17) is 4.74 Å². The SMILES string of the molecule is CCC(CC)(CCCOc1cc(C)ccc1C)C(=O)Nc1ccc(C=CS(=O)(=O)NC(C)(C)C)cc1. The number of carbonyl (C=O) groups excluding carboxylic acids is 1. The second-order valence-electron chi connectivity index (χ2n) is 10.5. The average molecular weight is 515 g/mol. The second kappa shape index (κ2) is 12.5. The fourth-order valence-corrected chi connectivity index (χ4v) is 5.32. The number of ether oxygens (including phenoxy) is 1. The second-order valence-corrected chi connectivity index (χ2v) is 12.1. The Hall–Kier alpha value is -2.64. The molecule has 36 heavy (non-hydrogen) atoms. The van der Waals surface area contributed by atoms with Gasteiger partial charge in [-0.1, -0.05) is 38.1 Å². The van der Waals surface area contributed by atoms with Crippen molar-refractivity contribution in [2.75, 3.05) is 11.9 Å². The first-order valence-electron chi connectivity index (χ1n) is 12.6. The van der Waals surface area contributed by atoms with Gasteiger partial charge < -0.3 is 10.1 Å². The molecule has 2 N–H and O–H groups in total. The number of nitrogens with one attached hydrogen (secondary N) is 2. The predicted octanol–water partition coefficient (Wildman–Crippen LogP) is 6.60. The highest BCUT2D eigenvalue weighted by atomic mass is 32.2. The van der Waals surface area contributed by atoms with Gasteiger partial charge in [-0.2, -0.15) is 0 Å². The molecule has 2 rings (SSSR count). The van der Waals surface area contributed by atoms with Gasteiger partial charge in [0.25, 0.3) is 0 Å². The molecule has 0 saturated heterocycles.